The molecule has 0 unspecified atom stereocenters. The van der Waals surface area contributed by atoms with Crippen molar-refractivity contribution >= 4 is 11.0 Å². The standard InChI is InChI=1S/C18H20N6O/c1-19-9-16(13-4-2-3-5-13)24-10-14(8-22-24)17-15-6-7-23(12-25)18(15)21-11-20-17/h6-8,10-11,13,16,25H,2-5,9,12H2/t16-/m1/s1. The summed E-state index contributed by atoms with van der Waals surface area (Å²) in [4.78, 5) is 12.3. The minimum Gasteiger partial charge on any atom is -0.376 e. The summed E-state index contributed by atoms with van der Waals surface area (Å²) in [5.74, 6) is 0.530. The molecule has 0 aromatic carbocycles. The molecule has 0 aliphatic heterocycles. The van der Waals surface area contributed by atoms with E-state index in [4.69, 9.17) is 6.57 Å². The van der Waals surface area contributed by atoms with Crippen LogP contribution >= 0.6 is 0 Å². The number of hydrogen-bond donors (Lipinski definition) is 1. The highest BCUT2D eigenvalue weighted by molar-refractivity contribution is 5.90. The molecular formula is C18H20N6O. The van der Waals surface area contributed by atoms with Crippen LogP contribution in [0.2, 0.25) is 0 Å². The Kier molecular flexibility index (Phi) is 4.20. The van der Waals surface area contributed by atoms with Gasteiger partial charge in [-0.1, -0.05) is 12.8 Å². The van der Waals surface area contributed by atoms with E-state index in [9.17, 15) is 5.11 Å². The fourth-order valence-electron chi connectivity index (χ4n) is 3.87. The SMILES string of the molecule is [C-]#[N+]C[C@H](C1CCCC1)n1cc(-c2ncnc3c2ccn3CO)cn1. The molecule has 3 aromatic rings. The van der Waals surface area contributed by atoms with Gasteiger partial charge < -0.3 is 14.5 Å². The summed E-state index contributed by atoms with van der Waals surface area (Å²) < 4.78 is 3.62. The van der Waals surface area contributed by atoms with Crippen LogP contribution in [-0.2, 0) is 6.73 Å². The molecule has 0 bridgehead atoms. The Bertz CT molecular complexity index is 915. The van der Waals surface area contributed by atoms with Crippen molar-refractivity contribution in [3.05, 3.63) is 42.4 Å². The van der Waals surface area contributed by atoms with Gasteiger partial charge in [-0.05, 0) is 24.8 Å². The van der Waals surface area contributed by atoms with Crippen LogP contribution in [0, 0.1) is 12.5 Å². The number of hydrogen-bond acceptors (Lipinski definition) is 4. The number of nitrogens with zero attached hydrogens (tertiary/aromatic N) is 6. The maximum absolute atomic E-state index is 9.40. The van der Waals surface area contributed by atoms with Crippen molar-refractivity contribution < 1.29 is 5.11 Å². The zero-order chi connectivity index (χ0) is 17.2. The lowest BCUT2D eigenvalue weighted by molar-refractivity contribution is 0.215. The van der Waals surface area contributed by atoms with E-state index in [2.05, 4.69) is 19.9 Å². The maximum Gasteiger partial charge on any atom is 0.237 e. The predicted octanol–water partition coefficient (Wildman–Crippen LogP) is 2.90. The molecule has 4 rings (SSSR count). The first-order valence-corrected chi connectivity index (χ1v) is 8.60. The van der Waals surface area contributed by atoms with Crippen molar-refractivity contribution in [1.82, 2.24) is 24.3 Å². The van der Waals surface area contributed by atoms with Crippen molar-refractivity contribution in [1.29, 1.82) is 0 Å². The average Bonchev–Trinajstić information content (AvgIpc) is 3.39. The summed E-state index contributed by atoms with van der Waals surface area (Å²) in [6.45, 7) is 7.63. The summed E-state index contributed by atoms with van der Waals surface area (Å²) in [5, 5.41) is 14.8. The quantitative estimate of drug-likeness (QED) is 0.727. The summed E-state index contributed by atoms with van der Waals surface area (Å²) >= 11 is 0. The Hall–Kier alpha value is -2.72. The predicted molar refractivity (Wildman–Crippen MR) is 93.4 cm³/mol. The zero-order valence-corrected chi connectivity index (χ0v) is 13.9. The molecule has 7 heteroatoms. The summed E-state index contributed by atoms with van der Waals surface area (Å²) in [5.41, 5.74) is 2.42. The number of aliphatic hydroxyl groups is 1. The minimum absolute atomic E-state index is 0.117. The van der Waals surface area contributed by atoms with Gasteiger partial charge in [-0.2, -0.15) is 5.10 Å². The van der Waals surface area contributed by atoms with Crippen LogP contribution in [0.15, 0.2) is 31.0 Å². The highest BCUT2D eigenvalue weighted by atomic mass is 16.3. The topological polar surface area (TPSA) is 73.1 Å². The highest BCUT2D eigenvalue weighted by Crippen LogP contribution is 2.35. The minimum atomic E-state index is -0.117. The number of rotatable bonds is 5. The fraction of sp³-hybridized carbons (Fsp3) is 0.444. The molecule has 0 radical (unpaired) electrons. The summed E-state index contributed by atoms with van der Waals surface area (Å²) in [7, 11) is 0. The van der Waals surface area contributed by atoms with Gasteiger partial charge in [-0.15, -0.1) is 0 Å². The van der Waals surface area contributed by atoms with E-state index in [1.165, 1.54) is 32.0 Å². The van der Waals surface area contributed by atoms with E-state index in [1.807, 2.05) is 23.1 Å². The molecule has 0 amide bonds. The van der Waals surface area contributed by atoms with Crippen molar-refractivity contribution in [2.24, 2.45) is 5.92 Å². The van der Waals surface area contributed by atoms with Gasteiger partial charge in [0.05, 0.1) is 11.9 Å². The molecule has 0 saturated heterocycles. The normalized spacial score (nSPS) is 16.3. The second-order valence-corrected chi connectivity index (χ2v) is 6.55. The molecule has 7 nitrogen and oxygen atoms in total. The molecule has 25 heavy (non-hydrogen) atoms. The van der Waals surface area contributed by atoms with Gasteiger partial charge >= 0.3 is 0 Å². The lowest BCUT2D eigenvalue weighted by Gasteiger charge is -2.18. The van der Waals surface area contributed by atoms with Gasteiger partial charge in [0.25, 0.3) is 0 Å². The van der Waals surface area contributed by atoms with Crippen LogP contribution < -0.4 is 0 Å². The molecule has 1 saturated carbocycles. The molecule has 1 aliphatic rings. The van der Waals surface area contributed by atoms with Gasteiger partial charge in [0, 0.05) is 23.3 Å². The molecule has 1 N–H and O–H groups in total. The van der Waals surface area contributed by atoms with E-state index in [-0.39, 0.29) is 12.8 Å². The van der Waals surface area contributed by atoms with Gasteiger partial charge in [-0.3, -0.25) is 4.68 Å². The van der Waals surface area contributed by atoms with E-state index < -0.39 is 0 Å². The Morgan fingerprint density at radius 1 is 1.32 bits per heavy atom. The maximum atomic E-state index is 9.40. The van der Waals surface area contributed by atoms with E-state index in [0.717, 1.165) is 16.6 Å². The van der Waals surface area contributed by atoms with Crippen molar-refractivity contribution in [3.63, 3.8) is 0 Å². The third-order valence-corrected chi connectivity index (χ3v) is 5.15. The van der Waals surface area contributed by atoms with Crippen molar-refractivity contribution in [2.45, 2.75) is 38.5 Å². The zero-order valence-electron chi connectivity index (χ0n) is 13.9. The fourth-order valence-corrected chi connectivity index (χ4v) is 3.87. The summed E-state index contributed by atoms with van der Waals surface area (Å²) in [6.07, 6.45) is 11.9. The first kappa shape index (κ1) is 15.8. The van der Waals surface area contributed by atoms with Crippen LogP contribution in [-0.4, -0.2) is 36.0 Å². The van der Waals surface area contributed by atoms with E-state index in [1.54, 1.807) is 10.8 Å². The molecular weight excluding hydrogens is 316 g/mol. The molecule has 1 atom stereocenters. The van der Waals surface area contributed by atoms with E-state index in [0.29, 0.717) is 18.1 Å². The first-order valence-electron chi connectivity index (χ1n) is 8.60. The second-order valence-electron chi connectivity index (χ2n) is 6.55. The smallest absolute Gasteiger partial charge is 0.237 e. The second kappa shape index (κ2) is 6.65. The van der Waals surface area contributed by atoms with Crippen molar-refractivity contribution in [2.75, 3.05) is 6.54 Å². The molecule has 3 aromatic heterocycles. The van der Waals surface area contributed by atoms with Gasteiger partial charge in [-0.25, -0.2) is 16.5 Å². The van der Waals surface area contributed by atoms with Crippen LogP contribution in [0.4, 0.5) is 0 Å². The van der Waals surface area contributed by atoms with Crippen LogP contribution in [0.5, 0.6) is 0 Å². The van der Waals surface area contributed by atoms with E-state index >= 15 is 0 Å². The largest absolute Gasteiger partial charge is 0.376 e. The lowest BCUT2D eigenvalue weighted by Crippen LogP contribution is -2.20. The summed E-state index contributed by atoms with van der Waals surface area (Å²) in [6, 6.07) is 2.04. The number of aliphatic hydroxyl groups excluding tert-OH is 1. The van der Waals surface area contributed by atoms with Crippen LogP contribution in [0.3, 0.4) is 0 Å². The third-order valence-electron chi connectivity index (χ3n) is 5.15. The number of fused-ring (bicyclic) bond motifs is 1. The molecule has 3 heterocycles. The Balaban J connectivity index is 1.71. The lowest BCUT2D eigenvalue weighted by atomic mass is 9.98. The van der Waals surface area contributed by atoms with Crippen molar-refractivity contribution in [3.8, 4) is 11.3 Å². The molecule has 1 fully saturated rings. The van der Waals surface area contributed by atoms with Gasteiger partial charge in [0.1, 0.15) is 24.7 Å². The molecule has 0 spiro atoms. The Morgan fingerprint density at radius 2 is 2.16 bits per heavy atom. The van der Waals surface area contributed by atoms with Gasteiger partial charge in [0.15, 0.2) is 0 Å². The Labute approximate surface area is 145 Å². The first-order chi connectivity index (χ1) is 12.3. The Morgan fingerprint density at radius 3 is 2.92 bits per heavy atom. The van der Waals surface area contributed by atoms with Crippen LogP contribution in [0.1, 0.15) is 31.7 Å². The van der Waals surface area contributed by atoms with Crippen LogP contribution in [0.25, 0.3) is 27.1 Å². The average molecular weight is 336 g/mol. The third kappa shape index (κ3) is 2.79. The number of aromatic nitrogens is 5. The molecule has 128 valence electrons. The van der Waals surface area contributed by atoms with Gasteiger partial charge in [0.2, 0.25) is 6.54 Å². The highest BCUT2D eigenvalue weighted by Gasteiger charge is 2.29. The monoisotopic (exact) mass is 336 g/mol. The molecule has 1 aliphatic carbocycles.